The fourth-order valence-electron chi connectivity index (χ4n) is 3.44. The molecule has 5 aromatic rings. The number of amides is 1. The lowest BCUT2D eigenvalue weighted by atomic mass is 10.0. The fourth-order valence-corrected chi connectivity index (χ4v) is 4.39. The van der Waals surface area contributed by atoms with E-state index in [0.717, 1.165) is 26.6 Å². The highest BCUT2D eigenvalue weighted by atomic mass is 32.1. The van der Waals surface area contributed by atoms with Gasteiger partial charge in [0.15, 0.2) is 16.8 Å². The summed E-state index contributed by atoms with van der Waals surface area (Å²) in [5, 5.41) is 5.67. The zero-order chi connectivity index (χ0) is 22.1. The van der Waals surface area contributed by atoms with E-state index in [1.165, 1.54) is 17.7 Å². The average molecular weight is 442 g/mol. The Morgan fingerprint density at radius 1 is 0.969 bits per heavy atom. The maximum Gasteiger partial charge on any atom is 0.270 e. The number of carbonyl (C=O) groups is 1. The van der Waals surface area contributed by atoms with Gasteiger partial charge in [-0.2, -0.15) is 0 Å². The minimum atomic E-state index is -0.295. The van der Waals surface area contributed by atoms with E-state index in [4.69, 9.17) is 5.73 Å². The molecule has 0 fully saturated rings. The van der Waals surface area contributed by atoms with Crippen LogP contribution in [0.25, 0.3) is 21.0 Å². The van der Waals surface area contributed by atoms with Gasteiger partial charge in [0.25, 0.3) is 5.91 Å². The maximum absolute atomic E-state index is 12.8. The third-order valence-corrected chi connectivity index (χ3v) is 5.99. The Labute approximate surface area is 187 Å². The van der Waals surface area contributed by atoms with Crippen LogP contribution in [0.15, 0.2) is 67.0 Å². The van der Waals surface area contributed by atoms with E-state index in [0.29, 0.717) is 16.5 Å². The number of aryl methyl sites for hydroxylation is 1. The molecule has 8 nitrogen and oxygen atoms in total. The molecule has 5 N–H and O–H groups in total. The molecule has 3 aromatic carbocycles. The van der Waals surface area contributed by atoms with Gasteiger partial charge in [-0.1, -0.05) is 59.9 Å². The number of fused-ring (bicyclic) bond motifs is 2. The first-order chi connectivity index (χ1) is 15.6. The minimum absolute atomic E-state index is 0.265. The van der Waals surface area contributed by atoms with Crippen LogP contribution >= 0.6 is 11.3 Å². The summed E-state index contributed by atoms with van der Waals surface area (Å²) in [4.78, 5) is 25.8. The Hall–Kier alpha value is -4.24. The summed E-state index contributed by atoms with van der Waals surface area (Å²) in [6, 6.07) is 19.3. The average Bonchev–Trinajstić information content (AvgIpc) is 3.23. The highest BCUT2D eigenvalue weighted by Gasteiger charge is 2.14. The number of para-hydroxylation sites is 1. The van der Waals surface area contributed by atoms with Gasteiger partial charge in [0.2, 0.25) is 0 Å². The largest absolute Gasteiger partial charge is 0.393 e. The lowest BCUT2D eigenvalue weighted by molar-refractivity contribution is 0.0964. The Balaban J connectivity index is 1.35. The van der Waals surface area contributed by atoms with Gasteiger partial charge in [-0.3, -0.25) is 15.6 Å². The van der Waals surface area contributed by atoms with E-state index in [1.807, 2.05) is 61.5 Å². The molecule has 0 aliphatic heterocycles. The molecule has 5 rings (SSSR count). The number of thiazole rings is 1. The number of carbonyl (C=O) groups excluding carboxylic acids is 1. The lowest BCUT2D eigenvalue weighted by Crippen LogP contribution is -2.30. The van der Waals surface area contributed by atoms with Crippen LogP contribution in [-0.4, -0.2) is 20.9 Å². The fraction of sp³-hybridized carbons (Fsp3) is 0.0435. The van der Waals surface area contributed by atoms with Crippen molar-refractivity contribution in [2.24, 2.45) is 0 Å². The summed E-state index contributed by atoms with van der Waals surface area (Å²) in [5.41, 5.74) is 14.6. The van der Waals surface area contributed by atoms with Gasteiger partial charge >= 0.3 is 0 Å². The molecule has 0 saturated heterocycles. The number of anilines is 4. The maximum atomic E-state index is 12.8. The number of benzene rings is 3. The van der Waals surface area contributed by atoms with Crippen LogP contribution in [0.4, 0.5) is 22.5 Å². The number of rotatable bonds is 5. The molecule has 0 aliphatic rings. The first-order valence-corrected chi connectivity index (χ1v) is 10.7. The van der Waals surface area contributed by atoms with Crippen molar-refractivity contribution in [2.45, 2.75) is 6.92 Å². The predicted octanol–water partition coefficient (Wildman–Crippen LogP) is 4.63. The molecule has 0 saturated carbocycles. The molecule has 0 spiro atoms. The Morgan fingerprint density at radius 2 is 1.75 bits per heavy atom. The summed E-state index contributed by atoms with van der Waals surface area (Å²) >= 11 is 1.51. The molecular weight excluding hydrogens is 422 g/mol. The number of hydrogen-bond donors (Lipinski definition) is 4. The topological polar surface area (TPSA) is 118 Å². The normalized spacial score (nSPS) is 10.9. The van der Waals surface area contributed by atoms with Gasteiger partial charge in [-0.05, 0) is 35.4 Å². The predicted molar refractivity (Wildman–Crippen MR) is 129 cm³/mol. The first kappa shape index (κ1) is 19.7. The number of hydrogen-bond acceptors (Lipinski definition) is 8. The van der Waals surface area contributed by atoms with Crippen LogP contribution in [0.1, 0.15) is 15.9 Å². The van der Waals surface area contributed by atoms with E-state index in [2.05, 4.69) is 31.1 Å². The minimum Gasteiger partial charge on any atom is -0.393 e. The third-order valence-electron chi connectivity index (χ3n) is 5.06. The molecule has 9 heteroatoms. The van der Waals surface area contributed by atoms with Crippen LogP contribution in [-0.2, 0) is 0 Å². The molecular formula is C23H19N7OS. The van der Waals surface area contributed by atoms with E-state index in [1.54, 1.807) is 6.07 Å². The van der Waals surface area contributed by atoms with E-state index < -0.39 is 0 Å². The lowest BCUT2D eigenvalue weighted by Gasteiger charge is -2.13. The SMILES string of the molecule is Cc1cccc2sc(Nc3ncnc(NNC(=O)c4cccc5ccccc45)c3N)nc12. The zero-order valence-corrected chi connectivity index (χ0v) is 17.9. The van der Waals surface area contributed by atoms with Crippen molar-refractivity contribution in [3.8, 4) is 0 Å². The van der Waals surface area contributed by atoms with Crippen molar-refractivity contribution in [3.05, 3.63) is 78.1 Å². The molecule has 158 valence electrons. The van der Waals surface area contributed by atoms with Crippen molar-refractivity contribution in [1.29, 1.82) is 0 Å². The van der Waals surface area contributed by atoms with Gasteiger partial charge in [0, 0.05) is 5.56 Å². The van der Waals surface area contributed by atoms with Crippen LogP contribution in [0.3, 0.4) is 0 Å². The first-order valence-electron chi connectivity index (χ1n) is 9.88. The number of nitrogen functional groups attached to an aromatic ring is 1. The highest BCUT2D eigenvalue weighted by Crippen LogP contribution is 2.32. The third kappa shape index (κ3) is 3.65. The van der Waals surface area contributed by atoms with Gasteiger partial charge < -0.3 is 11.1 Å². The Kier molecular flexibility index (Phi) is 5.00. The van der Waals surface area contributed by atoms with Crippen molar-refractivity contribution in [3.63, 3.8) is 0 Å². The van der Waals surface area contributed by atoms with Crippen LogP contribution in [0.5, 0.6) is 0 Å². The van der Waals surface area contributed by atoms with E-state index in [-0.39, 0.29) is 17.4 Å². The summed E-state index contributed by atoms with van der Waals surface area (Å²) < 4.78 is 1.07. The number of nitrogens with two attached hydrogens (primary N) is 1. The standard InChI is InChI=1S/C23H19N7OS/c1-13-6-4-11-17-19(13)27-23(32-17)28-20-18(24)21(26-12-25-20)29-30-22(31)16-10-5-8-14-7-2-3-9-15(14)16/h2-12H,24H2,1H3,(H,30,31)(H2,25,26,27,28,29). The second kappa shape index (κ2) is 8.12. The number of nitrogens with zero attached hydrogens (tertiary/aromatic N) is 3. The summed E-state index contributed by atoms with van der Waals surface area (Å²) in [7, 11) is 0. The summed E-state index contributed by atoms with van der Waals surface area (Å²) in [5.74, 6) is 0.392. The number of aromatic nitrogens is 3. The van der Waals surface area contributed by atoms with Crippen molar-refractivity contribution in [2.75, 3.05) is 16.5 Å². The quantitative estimate of drug-likeness (QED) is 0.294. The van der Waals surface area contributed by atoms with Crippen molar-refractivity contribution < 1.29 is 4.79 Å². The second-order valence-corrected chi connectivity index (χ2v) is 8.19. The number of nitrogens with one attached hydrogen (secondary N) is 3. The molecule has 0 bridgehead atoms. The van der Waals surface area contributed by atoms with Gasteiger partial charge in [-0.25, -0.2) is 15.0 Å². The summed E-state index contributed by atoms with van der Waals surface area (Å²) in [6.07, 6.45) is 1.36. The van der Waals surface area contributed by atoms with Crippen LogP contribution in [0.2, 0.25) is 0 Å². The number of hydrazine groups is 1. The van der Waals surface area contributed by atoms with Crippen LogP contribution < -0.4 is 21.9 Å². The molecule has 2 aromatic heterocycles. The highest BCUT2D eigenvalue weighted by molar-refractivity contribution is 7.22. The second-order valence-electron chi connectivity index (χ2n) is 7.16. The van der Waals surface area contributed by atoms with Gasteiger partial charge in [0.05, 0.1) is 10.2 Å². The van der Waals surface area contributed by atoms with Gasteiger partial charge in [-0.15, -0.1) is 0 Å². The molecule has 2 heterocycles. The smallest absolute Gasteiger partial charge is 0.270 e. The molecule has 1 amide bonds. The molecule has 32 heavy (non-hydrogen) atoms. The molecule has 0 aliphatic carbocycles. The van der Waals surface area contributed by atoms with E-state index >= 15 is 0 Å². The molecule has 0 unspecified atom stereocenters. The monoisotopic (exact) mass is 441 g/mol. The Morgan fingerprint density at radius 3 is 2.62 bits per heavy atom. The van der Waals surface area contributed by atoms with Crippen molar-refractivity contribution in [1.82, 2.24) is 20.4 Å². The molecule has 0 atom stereocenters. The molecule has 0 radical (unpaired) electrons. The van der Waals surface area contributed by atoms with Crippen molar-refractivity contribution >= 4 is 60.7 Å². The van der Waals surface area contributed by atoms with Gasteiger partial charge in [0.1, 0.15) is 12.0 Å². The van der Waals surface area contributed by atoms with Crippen LogP contribution in [0, 0.1) is 6.92 Å². The van der Waals surface area contributed by atoms with E-state index in [9.17, 15) is 4.79 Å². The summed E-state index contributed by atoms with van der Waals surface area (Å²) in [6.45, 7) is 2.02. The Bertz CT molecular complexity index is 1460. The zero-order valence-electron chi connectivity index (χ0n) is 17.1.